The van der Waals surface area contributed by atoms with E-state index in [1.807, 2.05) is 6.92 Å². The molecule has 0 fully saturated rings. The monoisotopic (exact) mass is 272 g/mol. The second kappa shape index (κ2) is 6.10. The molecule has 2 rings (SSSR count). The summed E-state index contributed by atoms with van der Waals surface area (Å²) in [6.07, 6.45) is 0.627. The zero-order chi connectivity index (χ0) is 14.5. The van der Waals surface area contributed by atoms with Crippen molar-refractivity contribution < 1.29 is 19.4 Å². The Morgan fingerprint density at radius 2 is 1.80 bits per heavy atom. The number of para-hydroxylation sites is 1. The quantitative estimate of drug-likeness (QED) is 0.865. The van der Waals surface area contributed by atoms with Crippen molar-refractivity contribution in [3.63, 3.8) is 0 Å². The van der Waals surface area contributed by atoms with Crippen molar-refractivity contribution in [2.75, 3.05) is 7.11 Å². The number of esters is 1. The molecule has 0 aliphatic heterocycles. The summed E-state index contributed by atoms with van der Waals surface area (Å²) in [7, 11) is 1.32. The van der Waals surface area contributed by atoms with Crippen LogP contribution >= 0.6 is 0 Å². The Morgan fingerprint density at radius 3 is 2.50 bits per heavy atom. The molecule has 1 N–H and O–H groups in total. The van der Waals surface area contributed by atoms with Crippen LogP contribution in [0, 0.1) is 0 Å². The molecule has 0 aliphatic carbocycles. The van der Waals surface area contributed by atoms with Crippen molar-refractivity contribution in [3.05, 3.63) is 53.6 Å². The van der Waals surface area contributed by atoms with Crippen molar-refractivity contribution in [1.29, 1.82) is 0 Å². The van der Waals surface area contributed by atoms with Crippen LogP contribution in [0.25, 0.3) is 0 Å². The number of phenolic OH excluding ortho intramolecular Hbond substituents is 1. The predicted molar refractivity (Wildman–Crippen MR) is 75.3 cm³/mol. The third kappa shape index (κ3) is 2.74. The van der Waals surface area contributed by atoms with Gasteiger partial charge in [-0.2, -0.15) is 0 Å². The fourth-order valence-electron chi connectivity index (χ4n) is 1.96. The fourth-order valence-corrected chi connectivity index (χ4v) is 1.96. The van der Waals surface area contributed by atoms with E-state index in [4.69, 9.17) is 9.47 Å². The number of carbonyl (C=O) groups excluding carboxylic acids is 1. The molecule has 0 atom stereocenters. The van der Waals surface area contributed by atoms with Crippen molar-refractivity contribution in [2.24, 2.45) is 0 Å². The van der Waals surface area contributed by atoms with E-state index in [2.05, 4.69) is 0 Å². The highest BCUT2D eigenvalue weighted by atomic mass is 16.5. The molecule has 0 heterocycles. The lowest BCUT2D eigenvalue weighted by Gasteiger charge is -2.13. The number of methoxy groups -OCH3 is 1. The van der Waals surface area contributed by atoms with Crippen LogP contribution in [0.2, 0.25) is 0 Å². The molecule has 104 valence electrons. The van der Waals surface area contributed by atoms with Gasteiger partial charge in [0.2, 0.25) is 0 Å². The lowest BCUT2D eigenvalue weighted by Crippen LogP contribution is -2.04. The first-order valence-corrected chi connectivity index (χ1v) is 6.33. The summed E-state index contributed by atoms with van der Waals surface area (Å²) >= 11 is 0. The van der Waals surface area contributed by atoms with Gasteiger partial charge in [0, 0.05) is 5.56 Å². The molecular formula is C16H16O4. The normalized spacial score (nSPS) is 10.1. The van der Waals surface area contributed by atoms with Crippen LogP contribution in [0.5, 0.6) is 17.2 Å². The number of hydrogen-bond acceptors (Lipinski definition) is 4. The second-order valence-electron chi connectivity index (χ2n) is 4.20. The third-order valence-electron chi connectivity index (χ3n) is 2.97. The summed E-state index contributed by atoms with van der Waals surface area (Å²) < 4.78 is 10.5. The molecule has 0 spiro atoms. The van der Waals surface area contributed by atoms with Crippen molar-refractivity contribution in [2.45, 2.75) is 13.3 Å². The topological polar surface area (TPSA) is 55.8 Å². The molecule has 0 saturated heterocycles. The predicted octanol–water partition coefficient (Wildman–Crippen LogP) is 3.53. The Labute approximate surface area is 117 Å². The van der Waals surface area contributed by atoms with E-state index in [9.17, 15) is 9.90 Å². The van der Waals surface area contributed by atoms with Gasteiger partial charge in [0.25, 0.3) is 0 Å². The van der Waals surface area contributed by atoms with E-state index < -0.39 is 5.97 Å². The van der Waals surface area contributed by atoms with Crippen LogP contribution in [0.3, 0.4) is 0 Å². The zero-order valence-corrected chi connectivity index (χ0v) is 11.4. The van der Waals surface area contributed by atoms with E-state index in [-0.39, 0.29) is 5.75 Å². The largest absolute Gasteiger partial charge is 0.508 e. The Hall–Kier alpha value is -2.49. The Morgan fingerprint density at radius 1 is 1.10 bits per heavy atom. The van der Waals surface area contributed by atoms with Crippen LogP contribution in [-0.2, 0) is 11.2 Å². The van der Waals surface area contributed by atoms with Crippen molar-refractivity contribution >= 4 is 5.97 Å². The zero-order valence-electron chi connectivity index (χ0n) is 11.4. The number of benzene rings is 2. The Bertz CT molecular complexity index is 620. The maximum Gasteiger partial charge on any atom is 0.341 e. The summed E-state index contributed by atoms with van der Waals surface area (Å²) in [5.74, 6) is 0.655. The van der Waals surface area contributed by atoms with Gasteiger partial charge >= 0.3 is 5.97 Å². The Kier molecular flexibility index (Phi) is 4.25. The number of hydrogen-bond donors (Lipinski definition) is 1. The molecule has 4 heteroatoms. The molecule has 0 aromatic heterocycles. The highest BCUT2D eigenvalue weighted by Gasteiger charge is 2.15. The van der Waals surface area contributed by atoms with Crippen LogP contribution in [0.4, 0.5) is 0 Å². The van der Waals surface area contributed by atoms with E-state index >= 15 is 0 Å². The molecule has 0 aliphatic rings. The molecule has 4 nitrogen and oxygen atoms in total. The van der Waals surface area contributed by atoms with Crippen LogP contribution in [0.15, 0.2) is 42.5 Å². The molecule has 0 amide bonds. The number of aromatic hydroxyl groups is 1. The number of carbonyl (C=O) groups is 1. The summed E-state index contributed by atoms with van der Waals surface area (Å²) in [6.45, 7) is 1.92. The van der Waals surface area contributed by atoms with Crippen LogP contribution in [-0.4, -0.2) is 18.2 Å². The summed E-state index contributed by atoms with van der Waals surface area (Å²) in [5.41, 5.74) is 1.05. The van der Waals surface area contributed by atoms with Gasteiger partial charge in [-0.05, 0) is 30.7 Å². The van der Waals surface area contributed by atoms with E-state index in [1.54, 1.807) is 42.5 Å². The maximum atomic E-state index is 11.7. The molecule has 0 unspecified atom stereocenters. The van der Waals surface area contributed by atoms with E-state index in [0.717, 1.165) is 0 Å². The highest BCUT2D eigenvalue weighted by Crippen LogP contribution is 2.33. The van der Waals surface area contributed by atoms with E-state index in [1.165, 1.54) is 7.11 Å². The maximum absolute atomic E-state index is 11.7. The van der Waals surface area contributed by atoms with Gasteiger partial charge in [0.15, 0.2) is 0 Å². The SMILES string of the molecule is CCc1c(O)cccc1Oc1ccccc1C(=O)OC. The lowest BCUT2D eigenvalue weighted by molar-refractivity contribution is 0.0598. The molecule has 2 aromatic carbocycles. The highest BCUT2D eigenvalue weighted by molar-refractivity contribution is 5.92. The smallest absolute Gasteiger partial charge is 0.341 e. The molecule has 2 aromatic rings. The van der Waals surface area contributed by atoms with Gasteiger partial charge < -0.3 is 14.6 Å². The molecule has 20 heavy (non-hydrogen) atoms. The minimum atomic E-state index is -0.459. The summed E-state index contributed by atoms with van der Waals surface area (Å²) in [5, 5.41) is 9.82. The van der Waals surface area contributed by atoms with Gasteiger partial charge in [-0.1, -0.05) is 25.1 Å². The van der Waals surface area contributed by atoms with Crippen LogP contribution in [0.1, 0.15) is 22.8 Å². The molecule has 0 bridgehead atoms. The average molecular weight is 272 g/mol. The first-order chi connectivity index (χ1) is 9.67. The minimum absolute atomic E-state index is 0.181. The van der Waals surface area contributed by atoms with Crippen molar-refractivity contribution in [1.82, 2.24) is 0 Å². The van der Waals surface area contributed by atoms with Gasteiger partial charge in [-0.3, -0.25) is 0 Å². The second-order valence-corrected chi connectivity index (χ2v) is 4.20. The Balaban J connectivity index is 2.41. The van der Waals surface area contributed by atoms with Gasteiger partial charge in [-0.25, -0.2) is 4.79 Å². The third-order valence-corrected chi connectivity index (χ3v) is 2.97. The number of phenols is 1. The summed E-state index contributed by atoms with van der Waals surface area (Å²) in [4.78, 5) is 11.7. The van der Waals surface area contributed by atoms with Gasteiger partial charge in [0.1, 0.15) is 22.8 Å². The number of rotatable bonds is 4. The lowest BCUT2D eigenvalue weighted by atomic mass is 10.1. The molecule has 0 saturated carbocycles. The first kappa shape index (κ1) is 13.9. The average Bonchev–Trinajstić information content (AvgIpc) is 2.47. The van der Waals surface area contributed by atoms with Crippen LogP contribution < -0.4 is 4.74 Å². The standard InChI is InChI=1S/C16H16O4/c1-3-11-13(17)8-6-10-14(11)20-15-9-5-4-7-12(15)16(18)19-2/h4-10,17H,3H2,1-2H3. The van der Waals surface area contributed by atoms with Crippen molar-refractivity contribution in [3.8, 4) is 17.2 Å². The molecule has 0 radical (unpaired) electrons. The van der Waals surface area contributed by atoms with Gasteiger partial charge in [-0.15, -0.1) is 0 Å². The minimum Gasteiger partial charge on any atom is -0.508 e. The molecular weight excluding hydrogens is 256 g/mol. The van der Waals surface area contributed by atoms with Gasteiger partial charge in [0.05, 0.1) is 7.11 Å². The number of ether oxygens (including phenoxy) is 2. The fraction of sp³-hybridized carbons (Fsp3) is 0.188. The summed E-state index contributed by atoms with van der Waals surface area (Å²) in [6, 6.07) is 11.9. The first-order valence-electron chi connectivity index (χ1n) is 6.33. The van der Waals surface area contributed by atoms with E-state index in [0.29, 0.717) is 29.0 Å².